The fourth-order valence-corrected chi connectivity index (χ4v) is 1.97. The van der Waals surface area contributed by atoms with Gasteiger partial charge in [-0.25, -0.2) is 4.98 Å². The molecule has 20 heavy (non-hydrogen) atoms. The number of hydrogen-bond donors (Lipinski definition) is 1. The first-order valence-electron chi connectivity index (χ1n) is 6.57. The van der Waals surface area contributed by atoms with E-state index in [2.05, 4.69) is 10.3 Å². The minimum atomic E-state index is 0.574. The normalized spacial score (nSPS) is 10.4. The smallest absolute Gasteiger partial charge is 0.219 e. The topological polar surface area (TPSA) is 43.4 Å². The molecule has 0 fully saturated rings. The third-order valence-electron chi connectivity index (χ3n) is 3.07. The number of rotatable bonds is 5. The number of nitrogens with zero attached hydrogens (tertiary/aromatic N) is 1. The van der Waals surface area contributed by atoms with Crippen molar-refractivity contribution >= 4 is 0 Å². The first-order valence-corrected chi connectivity index (χ1v) is 6.57. The molecular formula is C16H20N2O2. The van der Waals surface area contributed by atoms with Gasteiger partial charge in [0.25, 0.3) is 0 Å². The molecule has 2 aromatic rings. The van der Waals surface area contributed by atoms with Crippen molar-refractivity contribution in [1.29, 1.82) is 0 Å². The van der Waals surface area contributed by atoms with Crippen LogP contribution in [0.1, 0.15) is 16.8 Å². The molecule has 0 aliphatic heterocycles. The number of ether oxygens (including phenoxy) is 2. The molecule has 1 aromatic heterocycles. The maximum absolute atomic E-state index is 5.81. The lowest BCUT2D eigenvalue weighted by molar-refractivity contribution is 0.373. The Kier molecular flexibility index (Phi) is 4.58. The number of aromatic nitrogens is 1. The number of benzene rings is 1. The van der Waals surface area contributed by atoms with Crippen molar-refractivity contribution in [1.82, 2.24) is 10.3 Å². The van der Waals surface area contributed by atoms with E-state index in [1.54, 1.807) is 7.11 Å². The molecule has 1 aromatic carbocycles. The largest absolute Gasteiger partial charge is 0.493 e. The van der Waals surface area contributed by atoms with Crippen molar-refractivity contribution in [2.75, 3.05) is 14.2 Å². The fourth-order valence-electron chi connectivity index (χ4n) is 1.97. The Bertz CT molecular complexity index is 597. The third kappa shape index (κ3) is 3.27. The summed E-state index contributed by atoms with van der Waals surface area (Å²) in [5.74, 6) is 1.96. The lowest BCUT2D eigenvalue weighted by atomic mass is 10.2. The van der Waals surface area contributed by atoms with Gasteiger partial charge < -0.3 is 14.8 Å². The van der Waals surface area contributed by atoms with Gasteiger partial charge in [-0.1, -0.05) is 12.1 Å². The van der Waals surface area contributed by atoms with Gasteiger partial charge in [0, 0.05) is 18.3 Å². The van der Waals surface area contributed by atoms with Crippen LogP contribution in [0, 0.1) is 13.8 Å². The molecule has 0 radical (unpaired) electrons. The number of nitrogens with one attached hydrogen (secondary N) is 1. The van der Waals surface area contributed by atoms with Gasteiger partial charge >= 0.3 is 0 Å². The van der Waals surface area contributed by atoms with E-state index >= 15 is 0 Å². The fraction of sp³-hybridized carbons (Fsp3) is 0.312. The molecule has 4 heteroatoms. The maximum Gasteiger partial charge on any atom is 0.219 e. The summed E-state index contributed by atoms with van der Waals surface area (Å²) in [6.45, 7) is 4.79. The van der Waals surface area contributed by atoms with Gasteiger partial charge in [0.2, 0.25) is 5.88 Å². The lowest BCUT2D eigenvalue weighted by Crippen LogP contribution is -2.07. The van der Waals surface area contributed by atoms with Gasteiger partial charge in [0.1, 0.15) is 0 Å². The third-order valence-corrected chi connectivity index (χ3v) is 3.07. The van der Waals surface area contributed by atoms with E-state index in [1.165, 1.54) is 0 Å². The Morgan fingerprint density at radius 1 is 1.10 bits per heavy atom. The van der Waals surface area contributed by atoms with Crippen LogP contribution < -0.4 is 14.8 Å². The second kappa shape index (κ2) is 6.39. The van der Waals surface area contributed by atoms with Crippen LogP contribution in [0.15, 0.2) is 30.3 Å². The van der Waals surface area contributed by atoms with Crippen LogP contribution in [-0.2, 0) is 6.54 Å². The summed E-state index contributed by atoms with van der Waals surface area (Å²) in [6.07, 6.45) is 0. The van der Waals surface area contributed by atoms with E-state index in [0.717, 1.165) is 23.4 Å². The van der Waals surface area contributed by atoms with Crippen molar-refractivity contribution in [3.8, 4) is 17.4 Å². The van der Waals surface area contributed by atoms with Crippen LogP contribution in [0.4, 0.5) is 0 Å². The van der Waals surface area contributed by atoms with Gasteiger partial charge in [-0.3, -0.25) is 0 Å². The zero-order valence-electron chi connectivity index (χ0n) is 12.4. The van der Waals surface area contributed by atoms with Crippen LogP contribution in [0.3, 0.4) is 0 Å². The van der Waals surface area contributed by atoms with E-state index in [0.29, 0.717) is 17.4 Å². The number of aryl methyl sites for hydroxylation is 2. The second-order valence-electron chi connectivity index (χ2n) is 4.68. The molecule has 2 rings (SSSR count). The predicted molar refractivity (Wildman–Crippen MR) is 79.5 cm³/mol. The van der Waals surface area contributed by atoms with Crippen molar-refractivity contribution < 1.29 is 9.47 Å². The van der Waals surface area contributed by atoms with E-state index in [-0.39, 0.29) is 0 Å². The van der Waals surface area contributed by atoms with Gasteiger partial charge in [0.15, 0.2) is 11.5 Å². The van der Waals surface area contributed by atoms with Crippen molar-refractivity contribution in [2.24, 2.45) is 0 Å². The van der Waals surface area contributed by atoms with E-state index in [1.807, 2.05) is 51.2 Å². The zero-order chi connectivity index (χ0) is 14.5. The number of hydrogen-bond acceptors (Lipinski definition) is 4. The highest BCUT2D eigenvalue weighted by Crippen LogP contribution is 2.31. The molecule has 0 bridgehead atoms. The molecule has 4 nitrogen and oxygen atoms in total. The molecule has 0 saturated heterocycles. The summed E-state index contributed by atoms with van der Waals surface area (Å²) < 4.78 is 11.1. The summed E-state index contributed by atoms with van der Waals surface area (Å²) >= 11 is 0. The summed E-state index contributed by atoms with van der Waals surface area (Å²) in [6, 6.07) is 9.72. The molecule has 0 unspecified atom stereocenters. The van der Waals surface area contributed by atoms with Gasteiger partial charge in [-0.2, -0.15) is 0 Å². The molecule has 0 aliphatic carbocycles. The summed E-state index contributed by atoms with van der Waals surface area (Å²) in [5.41, 5.74) is 3.25. The van der Waals surface area contributed by atoms with Crippen LogP contribution >= 0.6 is 0 Å². The van der Waals surface area contributed by atoms with Crippen molar-refractivity contribution in [3.63, 3.8) is 0 Å². The number of pyridine rings is 1. The Labute approximate surface area is 119 Å². The summed E-state index contributed by atoms with van der Waals surface area (Å²) in [4.78, 5) is 4.47. The molecule has 0 aliphatic rings. The monoisotopic (exact) mass is 272 g/mol. The number of methoxy groups -OCH3 is 1. The van der Waals surface area contributed by atoms with E-state index in [4.69, 9.17) is 9.47 Å². The second-order valence-corrected chi connectivity index (χ2v) is 4.68. The lowest BCUT2D eigenvalue weighted by Gasteiger charge is -2.12. The van der Waals surface area contributed by atoms with Gasteiger partial charge in [0.05, 0.1) is 7.11 Å². The zero-order valence-corrected chi connectivity index (χ0v) is 12.4. The summed E-state index contributed by atoms with van der Waals surface area (Å²) in [7, 11) is 3.55. The van der Waals surface area contributed by atoms with Crippen LogP contribution in [0.5, 0.6) is 17.4 Å². The first-order chi connectivity index (χ1) is 9.63. The Balaban J connectivity index is 2.24. The van der Waals surface area contributed by atoms with Crippen LogP contribution in [0.25, 0.3) is 0 Å². The SMILES string of the molecule is CNCc1ccc(Oc2ccc(C)cc2OC)nc1C. The predicted octanol–water partition coefficient (Wildman–Crippen LogP) is 3.22. The molecule has 0 spiro atoms. The average molecular weight is 272 g/mol. The highest BCUT2D eigenvalue weighted by Gasteiger charge is 2.08. The molecular weight excluding hydrogens is 252 g/mol. The Morgan fingerprint density at radius 2 is 1.90 bits per heavy atom. The maximum atomic E-state index is 5.81. The highest BCUT2D eigenvalue weighted by atomic mass is 16.5. The minimum Gasteiger partial charge on any atom is -0.493 e. The van der Waals surface area contributed by atoms with Crippen molar-refractivity contribution in [3.05, 3.63) is 47.2 Å². The standard InChI is InChI=1S/C16H20N2O2/c1-11-5-7-14(15(9-11)19-4)20-16-8-6-13(10-17-3)12(2)18-16/h5-9,17H,10H2,1-4H3. The van der Waals surface area contributed by atoms with Gasteiger partial charge in [-0.05, 0) is 44.2 Å². The Hall–Kier alpha value is -2.07. The van der Waals surface area contributed by atoms with E-state index in [9.17, 15) is 0 Å². The molecule has 0 amide bonds. The minimum absolute atomic E-state index is 0.574. The molecule has 106 valence electrons. The van der Waals surface area contributed by atoms with Gasteiger partial charge in [-0.15, -0.1) is 0 Å². The van der Waals surface area contributed by atoms with Crippen LogP contribution in [0.2, 0.25) is 0 Å². The average Bonchev–Trinajstić information content (AvgIpc) is 2.44. The quantitative estimate of drug-likeness (QED) is 0.907. The Morgan fingerprint density at radius 3 is 2.55 bits per heavy atom. The summed E-state index contributed by atoms with van der Waals surface area (Å²) in [5, 5.41) is 3.12. The van der Waals surface area contributed by atoms with Crippen LogP contribution in [-0.4, -0.2) is 19.1 Å². The molecule has 1 heterocycles. The van der Waals surface area contributed by atoms with E-state index < -0.39 is 0 Å². The molecule has 0 atom stereocenters. The molecule has 0 saturated carbocycles. The van der Waals surface area contributed by atoms with Crippen molar-refractivity contribution in [2.45, 2.75) is 20.4 Å². The highest BCUT2D eigenvalue weighted by molar-refractivity contribution is 5.44. The first kappa shape index (κ1) is 14.3. The molecule has 1 N–H and O–H groups in total.